The van der Waals surface area contributed by atoms with Crippen molar-refractivity contribution in [2.24, 2.45) is 0 Å². The second-order valence-corrected chi connectivity index (χ2v) is 7.14. The third-order valence-electron chi connectivity index (χ3n) is 4.21. The first-order chi connectivity index (χ1) is 17.5. The van der Waals surface area contributed by atoms with Gasteiger partial charge in [0.25, 0.3) is 0 Å². The Morgan fingerprint density at radius 3 is 1.86 bits per heavy atom. The lowest BCUT2D eigenvalue weighted by atomic mass is 10.2. The van der Waals surface area contributed by atoms with Crippen LogP contribution < -0.4 is 16.0 Å². The van der Waals surface area contributed by atoms with Gasteiger partial charge in [0.1, 0.15) is 6.61 Å². The van der Waals surface area contributed by atoms with Gasteiger partial charge in [-0.2, -0.15) is 0 Å². The second-order valence-electron chi connectivity index (χ2n) is 7.14. The number of ether oxygens (including phenoxy) is 5. The summed E-state index contributed by atoms with van der Waals surface area (Å²) in [6, 6.07) is 8.40. The third kappa shape index (κ3) is 19.1. The molecule has 0 aliphatic heterocycles. The highest BCUT2D eigenvalue weighted by Crippen LogP contribution is 2.00. The highest BCUT2D eigenvalue weighted by molar-refractivity contribution is 5.90. The number of carbonyl (C=O) groups is 4. The van der Waals surface area contributed by atoms with Gasteiger partial charge in [-0.3, -0.25) is 9.59 Å². The van der Waals surface area contributed by atoms with E-state index >= 15 is 0 Å². The Morgan fingerprint density at radius 2 is 1.25 bits per heavy atom. The van der Waals surface area contributed by atoms with Crippen LogP contribution in [-0.4, -0.2) is 95.1 Å². The van der Waals surface area contributed by atoms with Gasteiger partial charge < -0.3 is 39.4 Å². The summed E-state index contributed by atoms with van der Waals surface area (Å²) in [5.74, 6) is -1.08. The normalized spacial score (nSPS) is 10.4. The number of urea groups is 1. The van der Waals surface area contributed by atoms with E-state index in [9.17, 15) is 19.2 Å². The van der Waals surface area contributed by atoms with E-state index in [-0.39, 0.29) is 64.9 Å². The van der Waals surface area contributed by atoms with Gasteiger partial charge in [0.15, 0.2) is 0 Å². The predicted molar refractivity (Wildman–Crippen MR) is 126 cm³/mol. The molecule has 0 aliphatic carbocycles. The third-order valence-corrected chi connectivity index (χ3v) is 4.21. The van der Waals surface area contributed by atoms with Crippen LogP contribution in [0.5, 0.6) is 0 Å². The summed E-state index contributed by atoms with van der Waals surface area (Å²) in [5.41, 5.74) is 0.810. The topological polar surface area (TPSA) is 171 Å². The minimum Gasteiger partial charge on any atom is -0.481 e. The molecule has 0 unspecified atom stereocenters. The molecular formula is C23H35N3O10. The number of carbonyl (C=O) groups excluding carboxylic acids is 3. The summed E-state index contributed by atoms with van der Waals surface area (Å²) < 4.78 is 25.9. The van der Waals surface area contributed by atoms with E-state index in [1.54, 1.807) is 12.1 Å². The summed E-state index contributed by atoms with van der Waals surface area (Å²) in [7, 11) is 0. The maximum Gasteiger partial charge on any atom is 0.415 e. The largest absolute Gasteiger partial charge is 0.481 e. The molecule has 36 heavy (non-hydrogen) atoms. The number of alkyl carbamates (subject to hydrolysis) is 1. The molecule has 1 aromatic rings. The summed E-state index contributed by atoms with van der Waals surface area (Å²) in [6.45, 7) is 2.71. The number of aliphatic carboxylic acids is 1. The van der Waals surface area contributed by atoms with Crippen LogP contribution in [0.15, 0.2) is 30.3 Å². The first-order valence-electron chi connectivity index (χ1n) is 11.5. The van der Waals surface area contributed by atoms with Crippen molar-refractivity contribution in [1.29, 1.82) is 0 Å². The van der Waals surface area contributed by atoms with Crippen molar-refractivity contribution in [3.63, 3.8) is 0 Å². The quantitative estimate of drug-likeness (QED) is 0.182. The van der Waals surface area contributed by atoms with Crippen molar-refractivity contribution in [2.45, 2.75) is 19.4 Å². The van der Waals surface area contributed by atoms with Crippen LogP contribution in [0, 0.1) is 0 Å². The average Bonchev–Trinajstić information content (AvgIpc) is 2.86. The molecule has 4 N–H and O–H groups in total. The van der Waals surface area contributed by atoms with Gasteiger partial charge in [0, 0.05) is 19.5 Å². The zero-order chi connectivity index (χ0) is 26.3. The summed E-state index contributed by atoms with van der Waals surface area (Å²) >= 11 is 0. The SMILES string of the molecule is O=C(O)CCOCCOCCNC(=O)CCOCCOCCNC(=O)NC(=O)OCc1ccccc1. The molecule has 13 heteroatoms. The fourth-order valence-corrected chi connectivity index (χ4v) is 2.45. The summed E-state index contributed by atoms with van der Waals surface area (Å²) in [5, 5.41) is 15.7. The first kappa shape index (κ1) is 30.8. The molecule has 0 atom stereocenters. The lowest BCUT2D eigenvalue weighted by molar-refractivity contribution is -0.138. The summed E-state index contributed by atoms with van der Waals surface area (Å²) in [6.07, 6.45) is -0.697. The molecule has 1 rings (SSSR count). The Morgan fingerprint density at radius 1 is 0.694 bits per heavy atom. The molecule has 0 bridgehead atoms. The van der Waals surface area contributed by atoms with Gasteiger partial charge >= 0.3 is 18.1 Å². The molecule has 0 spiro atoms. The number of nitrogens with one attached hydrogen (secondary N) is 3. The molecule has 0 aromatic heterocycles. The predicted octanol–water partition coefficient (Wildman–Crippen LogP) is 0.670. The molecule has 202 valence electrons. The number of benzene rings is 1. The number of hydrogen-bond donors (Lipinski definition) is 4. The van der Waals surface area contributed by atoms with Crippen LogP contribution in [0.4, 0.5) is 9.59 Å². The van der Waals surface area contributed by atoms with E-state index in [2.05, 4.69) is 16.0 Å². The molecular weight excluding hydrogens is 478 g/mol. The van der Waals surface area contributed by atoms with Gasteiger partial charge in [-0.25, -0.2) is 14.9 Å². The van der Waals surface area contributed by atoms with E-state index in [4.69, 9.17) is 28.8 Å². The zero-order valence-corrected chi connectivity index (χ0v) is 20.2. The smallest absolute Gasteiger partial charge is 0.415 e. The number of amides is 4. The van der Waals surface area contributed by atoms with E-state index in [0.29, 0.717) is 26.4 Å². The lowest BCUT2D eigenvalue weighted by Gasteiger charge is -2.09. The molecule has 0 fully saturated rings. The Balaban J connectivity index is 1.83. The van der Waals surface area contributed by atoms with Crippen LogP contribution in [0.3, 0.4) is 0 Å². The zero-order valence-electron chi connectivity index (χ0n) is 20.2. The molecule has 0 aliphatic rings. The second kappa shape index (κ2) is 21.1. The standard InChI is InChI=1S/C23H35N3O10/c27-20(24-8-12-34-17-15-33-11-7-21(28)29)6-10-32-14-16-35-13-9-25-22(30)26-23(31)36-18-19-4-2-1-3-5-19/h1-5H,6-18H2,(H,24,27)(H,28,29)(H2,25,26,30,31). The molecule has 0 saturated carbocycles. The fraction of sp³-hybridized carbons (Fsp3) is 0.565. The van der Waals surface area contributed by atoms with E-state index in [1.165, 1.54) is 0 Å². The maximum absolute atomic E-state index is 11.7. The van der Waals surface area contributed by atoms with E-state index in [1.807, 2.05) is 18.2 Å². The molecule has 13 nitrogen and oxygen atoms in total. The van der Waals surface area contributed by atoms with Crippen LogP contribution in [0.2, 0.25) is 0 Å². The van der Waals surface area contributed by atoms with Crippen LogP contribution in [-0.2, 0) is 39.9 Å². The lowest BCUT2D eigenvalue weighted by Crippen LogP contribution is -2.41. The Bertz CT molecular complexity index is 764. The minimum absolute atomic E-state index is 0.0459. The number of hydrogen-bond acceptors (Lipinski definition) is 9. The Labute approximate surface area is 209 Å². The van der Waals surface area contributed by atoms with Crippen LogP contribution in [0.1, 0.15) is 18.4 Å². The minimum atomic E-state index is -0.912. The number of carboxylic acids is 1. The Hall–Kier alpha value is -3.26. The maximum atomic E-state index is 11.7. The van der Waals surface area contributed by atoms with Gasteiger partial charge in [0.2, 0.25) is 5.91 Å². The number of rotatable bonds is 20. The van der Waals surface area contributed by atoms with Crippen molar-refractivity contribution in [2.75, 3.05) is 65.9 Å². The van der Waals surface area contributed by atoms with Gasteiger partial charge in [0.05, 0.1) is 59.3 Å². The van der Waals surface area contributed by atoms with Gasteiger partial charge in [-0.05, 0) is 5.56 Å². The molecule has 1 aromatic carbocycles. The van der Waals surface area contributed by atoms with E-state index < -0.39 is 18.1 Å². The molecule has 0 saturated heterocycles. The van der Waals surface area contributed by atoms with Crippen molar-refractivity contribution in [1.82, 2.24) is 16.0 Å². The number of imide groups is 1. The average molecular weight is 514 g/mol. The van der Waals surface area contributed by atoms with Crippen molar-refractivity contribution < 1.29 is 48.0 Å². The van der Waals surface area contributed by atoms with Crippen LogP contribution >= 0.6 is 0 Å². The first-order valence-corrected chi connectivity index (χ1v) is 11.5. The van der Waals surface area contributed by atoms with E-state index in [0.717, 1.165) is 5.56 Å². The van der Waals surface area contributed by atoms with Crippen molar-refractivity contribution >= 4 is 24.0 Å². The van der Waals surface area contributed by atoms with Gasteiger partial charge in [-0.1, -0.05) is 30.3 Å². The highest BCUT2D eigenvalue weighted by atomic mass is 16.6. The Kier molecular flexibility index (Phi) is 18.0. The molecule has 4 amide bonds. The molecule has 0 heterocycles. The number of carboxylic acid groups (broad SMARTS) is 1. The molecule has 0 radical (unpaired) electrons. The van der Waals surface area contributed by atoms with Crippen molar-refractivity contribution in [3.05, 3.63) is 35.9 Å². The highest BCUT2D eigenvalue weighted by Gasteiger charge is 2.08. The fourth-order valence-electron chi connectivity index (χ4n) is 2.45. The van der Waals surface area contributed by atoms with Crippen LogP contribution in [0.25, 0.3) is 0 Å². The van der Waals surface area contributed by atoms with Gasteiger partial charge in [-0.15, -0.1) is 0 Å². The van der Waals surface area contributed by atoms with Crippen molar-refractivity contribution in [3.8, 4) is 0 Å². The monoisotopic (exact) mass is 513 g/mol. The summed E-state index contributed by atoms with van der Waals surface area (Å²) in [4.78, 5) is 45.2.